The molecule has 0 N–H and O–H groups in total. The molecule has 0 atom stereocenters. The minimum absolute atomic E-state index is 0.209. The molecule has 5 aromatic heterocycles. The second kappa shape index (κ2) is 21.4. The average molecular weight is 1260 g/mol. The third-order valence-electron chi connectivity index (χ3n) is 20.5. The van der Waals surface area contributed by atoms with Crippen LogP contribution in [0, 0.1) is 0 Å². The molecule has 0 bridgehead atoms. The SMILES string of the molecule is CC1(C)c2ccc3ccccc3c2-c2cc(-c3ccc4c(c3)c3ccccc3n4-c3ccccc3)c3c4ccccc4n(-c4ccccc4)c3c21.c1ccc(-c2nc(-c3ccccc3)nc(-n3c4c5ccccc5ccc4c4c5ccccc5c5c6ccccc6sc5c43)n2)cc1. The third-order valence-corrected chi connectivity index (χ3v) is 21.6. The minimum atomic E-state index is -0.209. The summed E-state index contributed by atoms with van der Waals surface area (Å²) in [5.74, 6) is 1.90. The summed E-state index contributed by atoms with van der Waals surface area (Å²) in [6.45, 7) is 4.84. The zero-order valence-corrected chi connectivity index (χ0v) is 53.9. The van der Waals surface area contributed by atoms with E-state index in [2.05, 4.69) is 307 Å². The fourth-order valence-corrected chi connectivity index (χ4v) is 17.6. The van der Waals surface area contributed by atoms with Gasteiger partial charge in [0.2, 0.25) is 5.95 Å². The number of benzene rings is 15. The van der Waals surface area contributed by atoms with Crippen molar-refractivity contribution in [1.29, 1.82) is 0 Å². The predicted molar refractivity (Wildman–Crippen MR) is 409 cm³/mol. The highest BCUT2D eigenvalue weighted by Crippen LogP contribution is 2.58. The van der Waals surface area contributed by atoms with E-state index in [1.54, 1.807) is 0 Å². The van der Waals surface area contributed by atoms with Gasteiger partial charge in [0, 0.05) is 81.1 Å². The first-order chi connectivity index (χ1) is 47.9. The van der Waals surface area contributed by atoms with E-state index < -0.39 is 0 Å². The van der Waals surface area contributed by atoms with Gasteiger partial charge >= 0.3 is 0 Å². The van der Waals surface area contributed by atoms with Crippen LogP contribution in [-0.4, -0.2) is 28.7 Å². The highest BCUT2D eigenvalue weighted by atomic mass is 32.1. The average Bonchev–Trinajstić information content (AvgIpc) is 1.53. The van der Waals surface area contributed by atoms with Crippen LogP contribution < -0.4 is 0 Å². The fraction of sp³-hybridized carbons (Fsp3) is 0.0333. The third kappa shape index (κ3) is 8.22. The lowest BCUT2D eigenvalue weighted by atomic mass is 9.80. The summed E-state index contributed by atoms with van der Waals surface area (Å²) < 4.78 is 9.75. The molecule has 20 aromatic rings. The van der Waals surface area contributed by atoms with Crippen LogP contribution in [0.2, 0.25) is 0 Å². The Kier molecular flexibility index (Phi) is 12.2. The van der Waals surface area contributed by atoms with Gasteiger partial charge in [0.25, 0.3) is 0 Å². The highest BCUT2D eigenvalue weighted by molar-refractivity contribution is 7.27. The van der Waals surface area contributed by atoms with Gasteiger partial charge in [0.05, 0.1) is 37.8 Å². The van der Waals surface area contributed by atoms with Gasteiger partial charge in [-0.2, -0.15) is 9.97 Å². The van der Waals surface area contributed by atoms with Crippen molar-refractivity contribution in [2.24, 2.45) is 0 Å². The molecule has 0 saturated carbocycles. The van der Waals surface area contributed by atoms with Crippen molar-refractivity contribution in [1.82, 2.24) is 28.7 Å². The summed E-state index contributed by atoms with van der Waals surface area (Å²) in [4.78, 5) is 15.6. The molecule has 0 radical (unpaired) electrons. The quantitative estimate of drug-likeness (QED) is 0.167. The molecule has 5 heterocycles. The van der Waals surface area contributed by atoms with E-state index in [4.69, 9.17) is 15.0 Å². The molecule has 454 valence electrons. The molecule has 1 aliphatic carbocycles. The van der Waals surface area contributed by atoms with E-state index in [0.29, 0.717) is 17.6 Å². The van der Waals surface area contributed by atoms with Gasteiger partial charge in [0.1, 0.15) is 0 Å². The Bertz CT molecular complexity index is 6580. The van der Waals surface area contributed by atoms with Crippen molar-refractivity contribution in [2.45, 2.75) is 19.3 Å². The second-order valence-corrected chi connectivity index (χ2v) is 27.2. The Morgan fingerprint density at radius 3 is 1.51 bits per heavy atom. The van der Waals surface area contributed by atoms with Gasteiger partial charge in [-0.25, -0.2) is 4.98 Å². The van der Waals surface area contributed by atoms with Gasteiger partial charge in [-0.05, 0) is 121 Å². The van der Waals surface area contributed by atoms with Gasteiger partial charge < -0.3 is 9.13 Å². The lowest BCUT2D eigenvalue weighted by Crippen LogP contribution is -2.16. The Hall–Kier alpha value is -12.3. The van der Waals surface area contributed by atoms with Gasteiger partial charge in [0.15, 0.2) is 11.6 Å². The molecule has 21 rings (SSSR count). The van der Waals surface area contributed by atoms with Crippen LogP contribution in [0.5, 0.6) is 0 Å². The zero-order chi connectivity index (χ0) is 64.0. The van der Waals surface area contributed by atoms with Gasteiger partial charge in [-0.3, -0.25) is 4.57 Å². The number of para-hydroxylation sites is 4. The molecule has 15 aromatic carbocycles. The van der Waals surface area contributed by atoms with Crippen LogP contribution in [0.3, 0.4) is 0 Å². The van der Waals surface area contributed by atoms with Crippen LogP contribution in [0.15, 0.2) is 315 Å². The summed E-state index contributed by atoms with van der Waals surface area (Å²) in [6.07, 6.45) is 0. The minimum Gasteiger partial charge on any atom is -0.309 e. The summed E-state index contributed by atoms with van der Waals surface area (Å²) in [7, 11) is 0. The molecule has 0 fully saturated rings. The van der Waals surface area contributed by atoms with Gasteiger partial charge in [-0.1, -0.05) is 269 Å². The molecule has 7 heteroatoms. The van der Waals surface area contributed by atoms with Crippen molar-refractivity contribution < 1.29 is 0 Å². The maximum absolute atomic E-state index is 5.26. The van der Waals surface area contributed by atoms with E-state index in [9.17, 15) is 0 Å². The molecule has 0 aliphatic heterocycles. The monoisotopic (exact) mass is 1250 g/mol. The van der Waals surface area contributed by atoms with E-state index in [0.717, 1.165) is 27.5 Å². The number of hydrogen-bond acceptors (Lipinski definition) is 4. The number of rotatable bonds is 6. The van der Waals surface area contributed by atoms with Crippen molar-refractivity contribution >= 4 is 129 Å². The molecule has 0 spiro atoms. The first-order valence-corrected chi connectivity index (χ1v) is 34.1. The van der Waals surface area contributed by atoms with Crippen molar-refractivity contribution in [2.75, 3.05) is 0 Å². The van der Waals surface area contributed by atoms with Crippen LogP contribution in [0.25, 0.3) is 180 Å². The summed E-state index contributed by atoms with van der Waals surface area (Å²) in [5, 5.41) is 17.5. The lowest BCUT2D eigenvalue weighted by Gasteiger charge is -2.24. The molecule has 0 unspecified atom stereocenters. The topological polar surface area (TPSA) is 53.5 Å². The first-order valence-electron chi connectivity index (χ1n) is 33.3. The fourth-order valence-electron chi connectivity index (χ4n) is 16.3. The normalized spacial score (nSPS) is 12.7. The van der Waals surface area contributed by atoms with Crippen molar-refractivity contribution in [3.63, 3.8) is 0 Å². The number of nitrogens with zero attached hydrogens (tertiary/aromatic N) is 6. The Balaban J connectivity index is 0.000000133. The lowest BCUT2D eigenvalue weighted by molar-refractivity contribution is 0.664. The van der Waals surface area contributed by atoms with Crippen LogP contribution in [0.4, 0.5) is 0 Å². The summed E-state index contributed by atoms with van der Waals surface area (Å²) in [5.41, 5.74) is 19.2. The second-order valence-electron chi connectivity index (χ2n) is 26.1. The van der Waals surface area contributed by atoms with E-state index in [-0.39, 0.29) is 5.41 Å². The largest absolute Gasteiger partial charge is 0.309 e. The first kappa shape index (κ1) is 55.2. The summed E-state index contributed by atoms with van der Waals surface area (Å²) >= 11 is 1.84. The van der Waals surface area contributed by atoms with Gasteiger partial charge in [-0.15, -0.1) is 11.3 Å². The molecule has 0 saturated heterocycles. The molecule has 97 heavy (non-hydrogen) atoms. The number of thiophene rings is 1. The zero-order valence-electron chi connectivity index (χ0n) is 53.1. The van der Waals surface area contributed by atoms with Crippen molar-refractivity contribution in [3.05, 3.63) is 327 Å². The number of fused-ring (bicyclic) bond motifs is 24. The van der Waals surface area contributed by atoms with E-state index in [1.807, 2.05) is 47.7 Å². The van der Waals surface area contributed by atoms with Crippen LogP contribution >= 0.6 is 11.3 Å². The Morgan fingerprint density at radius 2 is 0.825 bits per heavy atom. The van der Waals surface area contributed by atoms with Crippen LogP contribution in [0.1, 0.15) is 25.0 Å². The van der Waals surface area contributed by atoms with E-state index >= 15 is 0 Å². The van der Waals surface area contributed by atoms with E-state index in [1.165, 1.54) is 146 Å². The molecule has 1 aliphatic rings. The predicted octanol–water partition coefficient (Wildman–Crippen LogP) is 24.0. The maximum Gasteiger partial charge on any atom is 0.238 e. The number of aromatic nitrogens is 6. The molecule has 0 amide bonds. The molecule has 6 nitrogen and oxygen atoms in total. The number of hydrogen-bond donors (Lipinski definition) is 0. The summed E-state index contributed by atoms with van der Waals surface area (Å²) in [6, 6.07) is 114. The smallest absolute Gasteiger partial charge is 0.238 e. The standard InChI is InChI=1S/C49H34N2.C41H24N4S/c1-49(2)41-27-25-31-15-9-10-20-35(31)45(41)40-30-38(46-37-22-12-14-24-43(37)51(48(46)47(40)49)34-18-7-4-8-19-34)32-26-28-44-39(29-32)36-21-11-13-23-42(36)50(44)33-16-5-3-6-17-33;1-3-14-26(15-4-1)39-42-40(27-16-5-2-6-17-27)44-41(43-39)45-36-28-18-8-7-13-25(28)23-24-32(36)34-29-19-9-10-20-30(29)35-31-21-11-12-22-33(31)46-38(35)37(34)45/h3-30H,1-2H3;1-24H. The molecular weight excluding hydrogens is 1200 g/mol. The molecular formula is C90H58N6S. The highest BCUT2D eigenvalue weighted by Gasteiger charge is 2.41. The maximum atomic E-state index is 5.26. The Morgan fingerprint density at radius 1 is 0.309 bits per heavy atom. The van der Waals surface area contributed by atoms with Crippen LogP contribution in [-0.2, 0) is 5.41 Å². The van der Waals surface area contributed by atoms with Crippen molar-refractivity contribution in [3.8, 4) is 62.4 Å². The Labute approximate surface area is 562 Å².